The number of aliphatic hydroxyl groups is 1. The van der Waals surface area contributed by atoms with Crippen LogP contribution in [-0.2, 0) is 17.8 Å². The highest BCUT2D eigenvalue weighted by Crippen LogP contribution is 2.11. The standard InChI is InChI=1S/C31H45N5O8/c1-25-20-35(30(40)41)16-15-34(29(38)39)14-12-32(13-17-36(25)31(42)43)23-28(37)24-44-19-18-33(21-26-8-4-2-5-9-26)22-27-10-6-3-7-11-27/h2-11,25,28,37H,12-24H2,1H3,(H,38,39)(H,40,41)(H,42,43). The third-order valence-corrected chi connectivity index (χ3v) is 7.62. The van der Waals surface area contributed by atoms with Crippen LogP contribution >= 0.6 is 0 Å². The fraction of sp³-hybridized carbons (Fsp3) is 0.516. The van der Waals surface area contributed by atoms with Crippen LogP contribution in [0.25, 0.3) is 0 Å². The van der Waals surface area contributed by atoms with Crippen molar-refractivity contribution in [2.24, 2.45) is 0 Å². The molecule has 0 aromatic heterocycles. The van der Waals surface area contributed by atoms with Gasteiger partial charge in [0.1, 0.15) is 0 Å². The fourth-order valence-corrected chi connectivity index (χ4v) is 5.20. The van der Waals surface area contributed by atoms with Gasteiger partial charge in [0.15, 0.2) is 0 Å². The van der Waals surface area contributed by atoms with Crippen molar-refractivity contribution >= 4 is 18.3 Å². The number of ether oxygens (including phenoxy) is 1. The van der Waals surface area contributed by atoms with E-state index in [0.29, 0.717) is 13.2 Å². The monoisotopic (exact) mass is 615 g/mol. The second kappa shape index (κ2) is 18.0. The first-order valence-corrected chi connectivity index (χ1v) is 14.9. The summed E-state index contributed by atoms with van der Waals surface area (Å²) < 4.78 is 5.86. The van der Waals surface area contributed by atoms with Crippen LogP contribution in [0.2, 0.25) is 0 Å². The number of benzene rings is 2. The van der Waals surface area contributed by atoms with Crippen molar-refractivity contribution < 1.29 is 39.5 Å². The predicted octanol–water partition coefficient (Wildman–Crippen LogP) is 2.71. The van der Waals surface area contributed by atoms with Crippen molar-refractivity contribution in [1.29, 1.82) is 0 Å². The second-order valence-electron chi connectivity index (χ2n) is 11.0. The Morgan fingerprint density at radius 3 is 1.86 bits per heavy atom. The number of rotatable bonds is 11. The second-order valence-corrected chi connectivity index (χ2v) is 11.0. The molecule has 0 bridgehead atoms. The molecule has 1 aliphatic heterocycles. The van der Waals surface area contributed by atoms with Gasteiger partial charge in [0.2, 0.25) is 0 Å². The summed E-state index contributed by atoms with van der Waals surface area (Å²) in [6.45, 7) is 4.78. The van der Waals surface area contributed by atoms with E-state index in [0.717, 1.165) is 22.9 Å². The van der Waals surface area contributed by atoms with E-state index in [1.807, 2.05) is 41.3 Å². The molecule has 0 spiro atoms. The number of aliphatic hydroxyl groups excluding tert-OH is 1. The van der Waals surface area contributed by atoms with Gasteiger partial charge in [0, 0.05) is 78.0 Å². The summed E-state index contributed by atoms with van der Waals surface area (Å²) in [6.07, 6.45) is -4.47. The van der Waals surface area contributed by atoms with Crippen LogP contribution < -0.4 is 0 Å². The van der Waals surface area contributed by atoms with Gasteiger partial charge in [-0.25, -0.2) is 14.4 Å². The van der Waals surface area contributed by atoms with Crippen molar-refractivity contribution in [2.75, 3.05) is 72.1 Å². The smallest absolute Gasteiger partial charge is 0.407 e. The molecule has 44 heavy (non-hydrogen) atoms. The van der Waals surface area contributed by atoms with Gasteiger partial charge in [-0.1, -0.05) is 60.7 Å². The SMILES string of the molecule is CC1CN(C(=O)O)CCN(C(=O)O)CCN(CC(O)COCCN(Cc2ccccc2)Cc2ccccc2)CCN1C(=O)O. The molecule has 242 valence electrons. The van der Waals surface area contributed by atoms with Crippen LogP contribution in [0.4, 0.5) is 14.4 Å². The average molecular weight is 616 g/mol. The molecule has 0 aliphatic carbocycles. The molecule has 1 aliphatic rings. The van der Waals surface area contributed by atoms with Crippen LogP contribution in [0.5, 0.6) is 0 Å². The summed E-state index contributed by atoms with van der Waals surface area (Å²) in [4.78, 5) is 42.9. The summed E-state index contributed by atoms with van der Waals surface area (Å²) in [7, 11) is 0. The lowest BCUT2D eigenvalue weighted by Gasteiger charge is -2.35. The van der Waals surface area contributed by atoms with Gasteiger partial charge in [-0.2, -0.15) is 0 Å². The number of hydrogen-bond donors (Lipinski definition) is 4. The molecule has 2 aromatic carbocycles. The maximum absolute atomic E-state index is 12.0. The normalized spacial score (nSPS) is 18.0. The van der Waals surface area contributed by atoms with E-state index in [1.54, 1.807) is 6.92 Å². The highest BCUT2D eigenvalue weighted by molar-refractivity contribution is 5.67. The molecule has 1 heterocycles. The van der Waals surface area contributed by atoms with Gasteiger partial charge in [-0.05, 0) is 18.1 Å². The van der Waals surface area contributed by atoms with Crippen molar-refractivity contribution in [3.05, 3.63) is 71.8 Å². The molecule has 3 amide bonds. The lowest BCUT2D eigenvalue weighted by molar-refractivity contribution is 0.00500. The quantitative estimate of drug-likeness (QED) is 0.277. The number of carbonyl (C=O) groups is 3. The molecule has 4 N–H and O–H groups in total. The number of amides is 3. The maximum atomic E-state index is 12.0. The number of carboxylic acid groups (broad SMARTS) is 3. The van der Waals surface area contributed by atoms with E-state index < -0.39 is 30.4 Å². The minimum atomic E-state index is -1.24. The van der Waals surface area contributed by atoms with Crippen molar-refractivity contribution in [3.8, 4) is 0 Å². The molecule has 13 heteroatoms. The van der Waals surface area contributed by atoms with E-state index in [4.69, 9.17) is 4.74 Å². The van der Waals surface area contributed by atoms with Gasteiger partial charge in [-0.15, -0.1) is 0 Å². The Morgan fingerprint density at radius 2 is 1.32 bits per heavy atom. The minimum absolute atomic E-state index is 0.0522. The molecule has 2 atom stereocenters. The minimum Gasteiger partial charge on any atom is -0.465 e. The Morgan fingerprint density at radius 1 is 0.795 bits per heavy atom. The van der Waals surface area contributed by atoms with E-state index in [1.165, 1.54) is 16.0 Å². The Hall–Kier alpha value is -3.91. The average Bonchev–Trinajstić information content (AvgIpc) is 2.98. The largest absolute Gasteiger partial charge is 0.465 e. The topological polar surface area (TPSA) is 158 Å². The third-order valence-electron chi connectivity index (χ3n) is 7.62. The molecule has 2 aromatic rings. The molecule has 3 rings (SSSR count). The molecule has 1 fully saturated rings. The van der Waals surface area contributed by atoms with Gasteiger partial charge < -0.3 is 39.9 Å². The summed E-state index contributed by atoms with van der Waals surface area (Å²) in [5, 5.41) is 39.8. The molecular weight excluding hydrogens is 570 g/mol. The third kappa shape index (κ3) is 12.0. The highest BCUT2D eigenvalue weighted by Gasteiger charge is 2.27. The first-order valence-electron chi connectivity index (χ1n) is 14.9. The predicted molar refractivity (Wildman–Crippen MR) is 164 cm³/mol. The van der Waals surface area contributed by atoms with E-state index >= 15 is 0 Å². The van der Waals surface area contributed by atoms with Gasteiger partial charge >= 0.3 is 18.3 Å². The highest BCUT2D eigenvalue weighted by atomic mass is 16.5. The van der Waals surface area contributed by atoms with Crippen molar-refractivity contribution in [1.82, 2.24) is 24.5 Å². The van der Waals surface area contributed by atoms with Gasteiger partial charge in [0.25, 0.3) is 0 Å². The molecular formula is C31H45N5O8. The van der Waals surface area contributed by atoms with Crippen molar-refractivity contribution in [2.45, 2.75) is 32.2 Å². The summed E-state index contributed by atoms with van der Waals surface area (Å²) >= 11 is 0. The van der Waals surface area contributed by atoms with Crippen LogP contribution in [0.15, 0.2) is 60.7 Å². The van der Waals surface area contributed by atoms with Crippen LogP contribution in [0.1, 0.15) is 18.1 Å². The zero-order valence-corrected chi connectivity index (χ0v) is 25.3. The van der Waals surface area contributed by atoms with Crippen LogP contribution in [0, 0.1) is 0 Å². The Bertz CT molecular complexity index is 1120. The van der Waals surface area contributed by atoms with Crippen molar-refractivity contribution in [3.63, 3.8) is 0 Å². The zero-order valence-electron chi connectivity index (χ0n) is 25.3. The van der Waals surface area contributed by atoms with Gasteiger partial charge in [-0.3, -0.25) is 9.80 Å². The molecule has 1 saturated heterocycles. The number of hydrogen-bond acceptors (Lipinski definition) is 7. The summed E-state index contributed by atoms with van der Waals surface area (Å²) in [5.41, 5.74) is 2.38. The van der Waals surface area contributed by atoms with E-state index in [9.17, 15) is 34.8 Å². The van der Waals surface area contributed by atoms with Crippen LogP contribution in [0.3, 0.4) is 0 Å². The first-order chi connectivity index (χ1) is 21.1. The number of nitrogens with zero attached hydrogens (tertiary/aromatic N) is 5. The first kappa shape index (κ1) is 34.6. The Kier molecular flexibility index (Phi) is 14.2. The maximum Gasteiger partial charge on any atom is 0.407 e. The Labute approximate surface area is 258 Å². The molecule has 0 saturated carbocycles. The fourth-order valence-electron chi connectivity index (χ4n) is 5.20. The summed E-state index contributed by atoms with van der Waals surface area (Å²) in [6, 6.07) is 19.7. The number of β-amino-alcohol motifs (C(OH)–C–C–N with tert-alkyl or cyclic N) is 1. The Balaban J connectivity index is 1.57. The van der Waals surface area contributed by atoms with E-state index in [2.05, 4.69) is 29.2 Å². The molecule has 0 radical (unpaired) electrons. The lowest BCUT2D eigenvalue weighted by Crippen LogP contribution is -2.53. The van der Waals surface area contributed by atoms with E-state index in [-0.39, 0.29) is 59.0 Å². The van der Waals surface area contributed by atoms with Crippen LogP contribution in [-0.4, -0.2) is 147 Å². The summed E-state index contributed by atoms with van der Waals surface area (Å²) in [5.74, 6) is 0. The van der Waals surface area contributed by atoms with Gasteiger partial charge in [0.05, 0.1) is 19.3 Å². The zero-order chi connectivity index (χ0) is 31.9. The molecule has 2 unspecified atom stereocenters. The lowest BCUT2D eigenvalue weighted by atomic mass is 10.1. The molecule has 13 nitrogen and oxygen atoms in total.